The predicted molar refractivity (Wildman–Crippen MR) is 61.6 cm³/mol. The third kappa shape index (κ3) is 2.30. The first-order chi connectivity index (χ1) is 8.49. The number of likely N-dealkylation sites (tertiary alicyclic amines) is 1. The van der Waals surface area contributed by atoms with E-state index in [4.69, 9.17) is 5.73 Å². The number of benzene rings is 1. The second-order valence-electron chi connectivity index (χ2n) is 4.22. The van der Waals surface area contributed by atoms with Gasteiger partial charge in [-0.1, -0.05) is 0 Å². The largest absolute Gasteiger partial charge is 0.337 e. The Bertz CT molecular complexity index is 506. The van der Waals surface area contributed by atoms with Crippen molar-refractivity contribution in [3.05, 3.63) is 39.7 Å². The highest BCUT2D eigenvalue weighted by Gasteiger charge is 2.27. The van der Waals surface area contributed by atoms with Gasteiger partial charge in [0.25, 0.3) is 11.6 Å². The van der Waals surface area contributed by atoms with Crippen LogP contribution in [0.1, 0.15) is 16.8 Å². The minimum absolute atomic E-state index is 0.0879. The number of nitro groups is 1. The average molecular weight is 253 g/mol. The van der Waals surface area contributed by atoms with Gasteiger partial charge < -0.3 is 10.6 Å². The van der Waals surface area contributed by atoms with E-state index in [0.29, 0.717) is 19.5 Å². The monoisotopic (exact) mass is 253 g/mol. The van der Waals surface area contributed by atoms with E-state index in [-0.39, 0.29) is 17.3 Å². The van der Waals surface area contributed by atoms with Crippen molar-refractivity contribution < 1.29 is 14.1 Å². The molecule has 1 amide bonds. The van der Waals surface area contributed by atoms with Crippen molar-refractivity contribution in [3.8, 4) is 0 Å². The minimum atomic E-state index is -0.880. The Morgan fingerprint density at radius 3 is 2.78 bits per heavy atom. The van der Waals surface area contributed by atoms with Crippen molar-refractivity contribution >= 4 is 11.6 Å². The van der Waals surface area contributed by atoms with Gasteiger partial charge in [-0.2, -0.15) is 0 Å². The molecule has 1 aromatic rings. The molecular weight excluding hydrogens is 241 g/mol. The Hall–Kier alpha value is -2.02. The standard InChI is InChI=1S/C11H12FN3O3/c12-10-5-8(15(17)18)1-2-9(10)11(16)14-4-3-7(13)6-14/h1-2,5,7H,3-4,6,13H2. The maximum absolute atomic E-state index is 13.6. The van der Waals surface area contributed by atoms with Gasteiger partial charge in [0.05, 0.1) is 16.6 Å². The fraction of sp³-hybridized carbons (Fsp3) is 0.364. The second-order valence-corrected chi connectivity index (χ2v) is 4.22. The van der Waals surface area contributed by atoms with Crippen molar-refractivity contribution in [3.63, 3.8) is 0 Å². The van der Waals surface area contributed by atoms with E-state index in [0.717, 1.165) is 18.2 Å². The minimum Gasteiger partial charge on any atom is -0.337 e. The van der Waals surface area contributed by atoms with Crippen molar-refractivity contribution in [2.24, 2.45) is 5.73 Å². The second kappa shape index (κ2) is 4.69. The summed E-state index contributed by atoms with van der Waals surface area (Å²) in [4.78, 5) is 23.2. The van der Waals surface area contributed by atoms with Crippen LogP contribution in [0.4, 0.5) is 10.1 Å². The van der Waals surface area contributed by atoms with Crippen LogP contribution in [0.3, 0.4) is 0 Å². The SMILES string of the molecule is NC1CCN(C(=O)c2ccc([N+](=O)[O-])cc2F)C1. The first kappa shape index (κ1) is 12.4. The molecule has 7 heteroatoms. The van der Waals surface area contributed by atoms with Crippen molar-refractivity contribution in [1.29, 1.82) is 0 Å². The lowest BCUT2D eigenvalue weighted by molar-refractivity contribution is -0.385. The zero-order valence-corrected chi connectivity index (χ0v) is 9.51. The van der Waals surface area contributed by atoms with Crippen LogP contribution >= 0.6 is 0 Å². The summed E-state index contributed by atoms with van der Waals surface area (Å²) >= 11 is 0. The molecule has 1 atom stereocenters. The molecule has 0 saturated carbocycles. The summed E-state index contributed by atoms with van der Waals surface area (Å²) in [5.41, 5.74) is 5.14. The van der Waals surface area contributed by atoms with Crippen LogP contribution in [0.25, 0.3) is 0 Å². The quantitative estimate of drug-likeness (QED) is 0.626. The van der Waals surface area contributed by atoms with Gasteiger partial charge in [0.15, 0.2) is 0 Å². The summed E-state index contributed by atoms with van der Waals surface area (Å²) in [5, 5.41) is 10.5. The molecule has 18 heavy (non-hydrogen) atoms. The first-order valence-corrected chi connectivity index (χ1v) is 5.48. The van der Waals surface area contributed by atoms with Gasteiger partial charge in [-0.15, -0.1) is 0 Å². The number of amides is 1. The van der Waals surface area contributed by atoms with E-state index < -0.39 is 16.6 Å². The van der Waals surface area contributed by atoms with Crippen molar-refractivity contribution in [2.45, 2.75) is 12.5 Å². The Morgan fingerprint density at radius 2 is 2.28 bits per heavy atom. The molecule has 1 heterocycles. The number of hydrogen-bond donors (Lipinski definition) is 1. The van der Waals surface area contributed by atoms with Gasteiger partial charge in [-0.05, 0) is 12.5 Å². The summed E-state index contributed by atoms with van der Waals surface area (Å²) in [6.07, 6.45) is 0.681. The average Bonchev–Trinajstić information content (AvgIpc) is 2.74. The van der Waals surface area contributed by atoms with Crippen molar-refractivity contribution in [1.82, 2.24) is 4.90 Å². The Morgan fingerprint density at radius 1 is 1.56 bits per heavy atom. The molecule has 0 spiro atoms. The van der Waals surface area contributed by atoms with E-state index in [9.17, 15) is 19.3 Å². The predicted octanol–water partition coefficient (Wildman–Crippen LogP) is 0.907. The van der Waals surface area contributed by atoms with E-state index in [1.807, 2.05) is 0 Å². The maximum Gasteiger partial charge on any atom is 0.272 e. The van der Waals surface area contributed by atoms with E-state index in [1.165, 1.54) is 4.90 Å². The normalized spacial score (nSPS) is 19.0. The number of halogens is 1. The molecule has 1 aliphatic heterocycles. The number of nitrogens with two attached hydrogens (primary N) is 1. The highest BCUT2D eigenvalue weighted by molar-refractivity contribution is 5.95. The molecule has 1 saturated heterocycles. The van der Waals surface area contributed by atoms with Crippen LogP contribution in [0.15, 0.2) is 18.2 Å². The van der Waals surface area contributed by atoms with Crippen LogP contribution in [-0.4, -0.2) is 34.9 Å². The smallest absolute Gasteiger partial charge is 0.272 e. The lowest BCUT2D eigenvalue weighted by atomic mass is 10.1. The first-order valence-electron chi connectivity index (χ1n) is 5.48. The lowest BCUT2D eigenvalue weighted by Gasteiger charge is -2.15. The fourth-order valence-corrected chi connectivity index (χ4v) is 1.93. The zero-order chi connectivity index (χ0) is 13.3. The Kier molecular flexibility index (Phi) is 3.24. The molecule has 1 unspecified atom stereocenters. The zero-order valence-electron chi connectivity index (χ0n) is 9.51. The number of non-ortho nitro benzene ring substituents is 1. The Labute approximate surface area is 102 Å². The molecule has 0 bridgehead atoms. The van der Waals surface area contributed by atoms with Gasteiger partial charge in [-0.25, -0.2) is 4.39 Å². The summed E-state index contributed by atoms with van der Waals surface area (Å²) in [6.45, 7) is 0.867. The summed E-state index contributed by atoms with van der Waals surface area (Å²) in [6, 6.07) is 2.92. The van der Waals surface area contributed by atoms with Gasteiger partial charge in [0.1, 0.15) is 5.82 Å². The topological polar surface area (TPSA) is 89.5 Å². The number of rotatable bonds is 2. The molecular formula is C11H12FN3O3. The van der Waals surface area contributed by atoms with Gasteiger partial charge in [-0.3, -0.25) is 14.9 Å². The van der Waals surface area contributed by atoms with Gasteiger partial charge >= 0.3 is 0 Å². The summed E-state index contributed by atoms with van der Waals surface area (Å²) in [7, 11) is 0. The summed E-state index contributed by atoms with van der Waals surface area (Å²) < 4.78 is 13.6. The highest BCUT2D eigenvalue weighted by atomic mass is 19.1. The number of carbonyl (C=O) groups excluding carboxylic acids is 1. The molecule has 6 nitrogen and oxygen atoms in total. The van der Waals surface area contributed by atoms with E-state index in [1.54, 1.807) is 0 Å². The molecule has 1 fully saturated rings. The molecule has 2 N–H and O–H groups in total. The third-order valence-corrected chi connectivity index (χ3v) is 2.91. The number of hydrogen-bond acceptors (Lipinski definition) is 4. The molecule has 1 aromatic carbocycles. The molecule has 0 radical (unpaired) electrons. The lowest BCUT2D eigenvalue weighted by Crippen LogP contribution is -2.32. The van der Waals surface area contributed by atoms with Crippen LogP contribution in [-0.2, 0) is 0 Å². The van der Waals surface area contributed by atoms with Crippen LogP contribution in [0.2, 0.25) is 0 Å². The van der Waals surface area contributed by atoms with Crippen LogP contribution < -0.4 is 5.73 Å². The number of nitrogens with zero attached hydrogens (tertiary/aromatic N) is 2. The van der Waals surface area contributed by atoms with E-state index in [2.05, 4.69) is 0 Å². The van der Waals surface area contributed by atoms with Crippen LogP contribution in [0, 0.1) is 15.9 Å². The third-order valence-electron chi connectivity index (χ3n) is 2.91. The maximum atomic E-state index is 13.6. The number of nitro benzene ring substituents is 1. The summed E-state index contributed by atoms with van der Waals surface area (Å²) in [5.74, 6) is -1.36. The molecule has 1 aliphatic rings. The van der Waals surface area contributed by atoms with Crippen molar-refractivity contribution in [2.75, 3.05) is 13.1 Å². The molecule has 0 aliphatic carbocycles. The molecule has 2 rings (SSSR count). The van der Waals surface area contributed by atoms with E-state index >= 15 is 0 Å². The van der Waals surface area contributed by atoms with Gasteiger partial charge in [0, 0.05) is 25.2 Å². The van der Waals surface area contributed by atoms with Crippen LogP contribution in [0.5, 0.6) is 0 Å². The molecule has 96 valence electrons. The number of carbonyl (C=O) groups is 1. The Balaban J connectivity index is 2.23. The molecule has 0 aromatic heterocycles. The van der Waals surface area contributed by atoms with Gasteiger partial charge in [0.2, 0.25) is 0 Å². The highest BCUT2D eigenvalue weighted by Crippen LogP contribution is 2.19. The fourth-order valence-electron chi connectivity index (χ4n) is 1.93.